The Morgan fingerprint density at radius 3 is 3.15 bits per heavy atom. The molecule has 0 spiro atoms. The van der Waals surface area contributed by atoms with Crippen molar-refractivity contribution in [2.24, 2.45) is 0 Å². The third-order valence-corrected chi connectivity index (χ3v) is 1.95. The zero-order valence-electron chi connectivity index (χ0n) is 8.33. The molecule has 0 aliphatic rings. The molecule has 3 nitrogen and oxygen atoms in total. The van der Waals surface area contributed by atoms with E-state index in [0.29, 0.717) is 6.04 Å². The largest absolute Gasteiger partial charge is 0.353 e. The lowest BCUT2D eigenvalue weighted by Gasteiger charge is -2.13. The van der Waals surface area contributed by atoms with Crippen LogP contribution in [0.2, 0.25) is 0 Å². The highest BCUT2D eigenvalue weighted by Crippen LogP contribution is 2.07. The van der Waals surface area contributed by atoms with Crippen molar-refractivity contribution >= 4 is 5.95 Å². The Morgan fingerprint density at radius 1 is 1.77 bits per heavy atom. The number of rotatable bonds is 5. The maximum absolute atomic E-state index is 4.23. The Bertz CT molecular complexity index is 265. The van der Waals surface area contributed by atoms with Gasteiger partial charge in [0.05, 0.1) is 0 Å². The van der Waals surface area contributed by atoms with Gasteiger partial charge >= 0.3 is 0 Å². The van der Waals surface area contributed by atoms with E-state index in [9.17, 15) is 0 Å². The molecule has 13 heavy (non-hydrogen) atoms. The predicted octanol–water partition coefficient (Wildman–Crippen LogP) is 2.28. The summed E-state index contributed by atoms with van der Waals surface area (Å²) in [6.45, 7) is 8.88. The van der Waals surface area contributed by atoms with E-state index in [2.05, 4.69) is 35.3 Å². The van der Waals surface area contributed by atoms with Crippen LogP contribution in [0.3, 0.4) is 0 Å². The van der Waals surface area contributed by atoms with Crippen molar-refractivity contribution in [3.63, 3.8) is 0 Å². The van der Waals surface area contributed by atoms with Gasteiger partial charge in [-0.05, 0) is 20.3 Å². The molecular formula is C10H17N3. The first-order chi connectivity index (χ1) is 6.27. The molecule has 0 saturated heterocycles. The summed E-state index contributed by atoms with van der Waals surface area (Å²) in [5.74, 6) is 0.942. The number of aromatic nitrogens is 2. The number of hydrogen-bond acceptors (Lipinski definition) is 2. The molecule has 0 fully saturated rings. The smallest absolute Gasteiger partial charge is 0.202 e. The first-order valence-corrected chi connectivity index (χ1v) is 4.66. The summed E-state index contributed by atoms with van der Waals surface area (Å²) >= 11 is 0. The van der Waals surface area contributed by atoms with Crippen LogP contribution in [0, 0.1) is 0 Å². The van der Waals surface area contributed by atoms with Crippen LogP contribution in [-0.2, 0) is 6.54 Å². The SMILES string of the molecule is C=CCC(C)Nc1nccn1CC. The minimum absolute atomic E-state index is 0.394. The fourth-order valence-electron chi connectivity index (χ4n) is 1.23. The highest BCUT2D eigenvalue weighted by atomic mass is 15.2. The molecule has 0 aliphatic heterocycles. The van der Waals surface area contributed by atoms with Gasteiger partial charge in [0.15, 0.2) is 0 Å². The van der Waals surface area contributed by atoms with Crippen molar-refractivity contribution in [2.75, 3.05) is 5.32 Å². The number of nitrogens with one attached hydrogen (secondary N) is 1. The molecule has 0 radical (unpaired) electrons. The molecule has 0 amide bonds. The summed E-state index contributed by atoms with van der Waals surface area (Å²) < 4.78 is 2.08. The lowest BCUT2D eigenvalue weighted by Crippen LogP contribution is -2.17. The standard InChI is InChI=1S/C10H17N3/c1-4-6-9(3)12-10-11-7-8-13(10)5-2/h4,7-9H,1,5-6H2,2-3H3,(H,11,12). The van der Waals surface area contributed by atoms with Crippen molar-refractivity contribution in [1.82, 2.24) is 9.55 Å². The Morgan fingerprint density at radius 2 is 2.54 bits per heavy atom. The quantitative estimate of drug-likeness (QED) is 0.703. The van der Waals surface area contributed by atoms with E-state index in [0.717, 1.165) is 18.9 Å². The van der Waals surface area contributed by atoms with Crippen LogP contribution >= 0.6 is 0 Å². The van der Waals surface area contributed by atoms with Gasteiger partial charge in [0.25, 0.3) is 0 Å². The average Bonchev–Trinajstić information content (AvgIpc) is 2.52. The Balaban J connectivity index is 2.57. The molecular weight excluding hydrogens is 162 g/mol. The molecule has 1 N–H and O–H groups in total. The van der Waals surface area contributed by atoms with Crippen molar-refractivity contribution in [3.8, 4) is 0 Å². The van der Waals surface area contributed by atoms with E-state index in [-0.39, 0.29) is 0 Å². The summed E-state index contributed by atoms with van der Waals surface area (Å²) in [6.07, 6.45) is 6.66. The maximum Gasteiger partial charge on any atom is 0.202 e. The number of anilines is 1. The van der Waals surface area contributed by atoms with Crippen LogP contribution < -0.4 is 5.32 Å². The zero-order valence-corrected chi connectivity index (χ0v) is 8.33. The summed E-state index contributed by atoms with van der Waals surface area (Å²) in [7, 11) is 0. The zero-order chi connectivity index (χ0) is 9.68. The summed E-state index contributed by atoms with van der Waals surface area (Å²) in [4.78, 5) is 4.23. The van der Waals surface area contributed by atoms with Gasteiger partial charge in [-0.25, -0.2) is 4.98 Å². The topological polar surface area (TPSA) is 29.9 Å². The maximum atomic E-state index is 4.23. The second kappa shape index (κ2) is 4.70. The van der Waals surface area contributed by atoms with Crippen LogP contribution in [0.1, 0.15) is 20.3 Å². The second-order valence-electron chi connectivity index (χ2n) is 3.11. The molecule has 1 aromatic heterocycles. The summed E-state index contributed by atoms with van der Waals surface area (Å²) in [6, 6.07) is 0.394. The Labute approximate surface area is 79.5 Å². The highest BCUT2D eigenvalue weighted by molar-refractivity contribution is 5.27. The normalized spacial score (nSPS) is 12.5. The minimum atomic E-state index is 0.394. The summed E-state index contributed by atoms with van der Waals surface area (Å²) in [5, 5.41) is 3.32. The van der Waals surface area contributed by atoms with Gasteiger partial charge in [-0.1, -0.05) is 6.08 Å². The third-order valence-electron chi connectivity index (χ3n) is 1.95. The molecule has 1 aromatic rings. The van der Waals surface area contributed by atoms with Crippen molar-refractivity contribution < 1.29 is 0 Å². The van der Waals surface area contributed by atoms with Crippen LogP contribution in [-0.4, -0.2) is 15.6 Å². The third kappa shape index (κ3) is 2.61. The van der Waals surface area contributed by atoms with Gasteiger partial charge in [-0.2, -0.15) is 0 Å². The molecule has 1 atom stereocenters. The van der Waals surface area contributed by atoms with Crippen molar-refractivity contribution in [1.29, 1.82) is 0 Å². The van der Waals surface area contributed by atoms with Crippen LogP contribution in [0.5, 0.6) is 0 Å². The molecule has 0 saturated carbocycles. The fourth-order valence-corrected chi connectivity index (χ4v) is 1.23. The summed E-state index contributed by atoms with van der Waals surface area (Å²) in [5.41, 5.74) is 0. The van der Waals surface area contributed by atoms with Crippen molar-refractivity contribution in [2.45, 2.75) is 32.9 Å². The number of hydrogen-bond donors (Lipinski definition) is 1. The minimum Gasteiger partial charge on any atom is -0.353 e. The Kier molecular flexibility index (Phi) is 3.55. The molecule has 1 unspecified atom stereocenters. The van der Waals surface area contributed by atoms with E-state index in [4.69, 9.17) is 0 Å². The number of imidazole rings is 1. The van der Waals surface area contributed by atoms with E-state index >= 15 is 0 Å². The van der Waals surface area contributed by atoms with Gasteiger partial charge < -0.3 is 9.88 Å². The average molecular weight is 179 g/mol. The van der Waals surface area contributed by atoms with E-state index in [1.165, 1.54) is 0 Å². The molecule has 72 valence electrons. The second-order valence-corrected chi connectivity index (χ2v) is 3.11. The molecule has 0 bridgehead atoms. The molecule has 3 heteroatoms. The van der Waals surface area contributed by atoms with E-state index in [1.54, 1.807) is 0 Å². The fraction of sp³-hybridized carbons (Fsp3) is 0.500. The molecule has 1 heterocycles. The van der Waals surface area contributed by atoms with E-state index in [1.807, 2.05) is 18.5 Å². The van der Waals surface area contributed by atoms with Gasteiger partial charge in [-0.15, -0.1) is 6.58 Å². The molecule has 0 aliphatic carbocycles. The lowest BCUT2D eigenvalue weighted by atomic mass is 10.2. The number of aryl methyl sites for hydroxylation is 1. The van der Waals surface area contributed by atoms with Crippen LogP contribution in [0.15, 0.2) is 25.0 Å². The van der Waals surface area contributed by atoms with Crippen LogP contribution in [0.4, 0.5) is 5.95 Å². The first kappa shape index (κ1) is 9.84. The van der Waals surface area contributed by atoms with Crippen molar-refractivity contribution in [3.05, 3.63) is 25.0 Å². The van der Waals surface area contributed by atoms with Gasteiger partial charge in [0, 0.05) is 25.0 Å². The van der Waals surface area contributed by atoms with Gasteiger partial charge in [-0.3, -0.25) is 0 Å². The number of nitrogens with zero attached hydrogens (tertiary/aromatic N) is 2. The highest BCUT2D eigenvalue weighted by Gasteiger charge is 2.03. The predicted molar refractivity (Wildman–Crippen MR) is 55.8 cm³/mol. The van der Waals surface area contributed by atoms with Gasteiger partial charge in [0.1, 0.15) is 0 Å². The Hall–Kier alpha value is -1.25. The molecule has 0 aromatic carbocycles. The lowest BCUT2D eigenvalue weighted by molar-refractivity contribution is 0.730. The molecule has 1 rings (SSSR count). The van der Waals surface area contributed by atoms with Gasteiger partial charge in [0.2, 0.25) is 5.95 Å². The van der Waals surface area contributed by atoms with E-state index < -0.39 is 0 Å². The monoisotopic (exact) mass is 179 g/mol. The first-order valence-electron chi connectivity index (χ1n) is 4.66. The van der Waals surface area contributed by atoms with Crippen LogP contribution in [0.25, 0.3) is 0 Å².